The van der Waals surface area contributed by atoms with E-state index in [2.05, 4.69) is 64.9 Å². The second-order valence-corrected chi connectivity index (χ2v) is 7.25. The predicted molar refractivity (Wildman–Crippen MR) is 96.7 cm³/mol. The SMILES string of the molecule is OC1CCN(Cc2ccccc2)C(c2cccc3ccsc23)C1. The van der Waals surface area contributed by atoms with Gasteiger partial charge in [0.05, 0.1) is 6.10 Å². The number of hydrogen-bond acceptors (Lipinski definition) is 3. The van der Waals surface area contributed by atoms with Gasteiger partial charge in [0, 0.05) is 23.8 Å². The fourth-order valence-corrected chi connectivity index (χ4v) is 4.57. The van der Waals surface area contributed by atoms with Crippen LogP contribution in [0.4, 0.5) is 0 Å². The van der Waals surface area contributed by atoms with Crippen LogP contribution in [0.25, 0.3) is 10.1 Å². The number of piperidine rings is 1. The van der Waals surface area contributed by atoms with Crippen LogP contribution in [0, 0.1) is 0 Å². The minimum absolute atomic E-state index is 0.192. The van der Waals surface area contributed by atoms with Gasteiger partial charge in [0.2, 0.25) is 0 Å². The Morgan fingerprint density at radius 1 is 1.04 bits per heavy atom. The van der Waals surface area contributed by atoms with Gasteiger partial charge in [0.1, 0.15) is 0 Å². The van der Waals surface area contributed by atoms with E-state index in [0.29, 0.717) is 6.04 Å². The summed E-state index contributed by atoms with van der Waals surface area (Å²) in [5.41, 5.74) is 2.71. The van der Waals surface area contributed by atoms with Crippen molar-refractivity contribution in [3.63, 3.8) is 0 Å². The maximum atomic E-state index is 10.2. The van der Waals surface area contributed by atoms with Gasteiger partial charge in [-0.05, 0) is 40.8 Å². The van der Waals surface area contributed by atoms with Crippen LogP contribution in [-0.4, -0.2) is 22.7 Å². The first-order chi connectivity index (χ1) is 11.3. The first-order valence-corrected chi connectivity index (χ1v) is 9.11. The van der Waals surface area contributed by atoms with Crippen molar-refractivity contribution >= 4 is 21.4 Å². The molecule has 2 nitrogen and oxygen atoms in total. The molecule has 0 radical (unpaired) electrons. The molecule has 0 saturated carbocycles. The van der Waals surface area contributed by atoms with Crippen LogP contribution in [0.5, 0.6) is 0 Å². The first-order valence-electron chi connectivity index (χ1n) is 8.23. The summed E-state index contributed by atoms with van der Waals surface area (Å²) in [6, 6.07) is 19.7. The van der Waals surface area contributed by atoms with Crippen molar-refractivity contribution in [3.8, 4) is 0 Å². The number of aliphatic hydroxyl groups excluding tert-OH is 1. The number of benzene rings is 2. The van der Waals surface area contributed by atoms with Gasteiger partial charge < -0.3 is 5.11 Å². The zero-order valence-corrected chi connectivity index (χ0v) is 13.9. The van der Waals surface area contributed by atoms with Gasteiger partial charge in [-0.15, -0.1) is 11.3 Å². The Morgan fingerprint density at radius 3 is 2.78 bits per heavy atom. The number of likely N-dealkylation sites (tertiary alicyclic amines) is 1. The highest BCUT2D eigenvalue weighted by molar-refractivity contribution is 7.17. The van der Waals surface area contributed by atoms with Crippen LogP contribution < -0.4 is 0 Å². The molecule has 1 aliphatic rings. The Hall–Kier alpha value is -1.68. The molecule has 1 N–H and O–H groups in total. The van der Waals surface area contributed by atoms with Crippen LogP contribution >= 0.6 is 11.3 Å². The van der Waals surface area contributed by atoms with Crippen molar-refractivity contribution in [2.75, 3.05) is 6.54 Å². The molecular formula is C20H21NOS. The fourth-order valence-electron chi connectivity index (χ4n) is 3.60. The summed E-state index contributed by atoms with van der Waals surface area (Å²) in [5.74, 6) is 0. The molecule has 23 heavy (non-hydrogen) atoms. The van der Waals surface area contributed by atoms with E-state index in [9.17, 15) is 5.11 Å². The molecule has 4 rings (SSSR count). The molecule has 3 heteroatoms. The minimum Gasteiger partial charge on any atom is -0.393 e. The molecule has 1 aliphatic heterocycles. The number of rotatable bonds is 3. The molecular weight excluding hydrogens is 302 g/mol. The average molecular weight is 323 g/mol. The van der Waals surface area contributed by atoms with Gasteiger partial charge >= 0.3 is 0 Å². The first kappa shape index (κ1) is 14.9. The van der Waals surface area contributed by atoms with Gasteiger partial charge in [-0.3, -0.25) is 4.90 Å². The van der Waals surface area contributed by atoms with Crippen molar-refractivity contribution in [1.82, 2.24) is 4.90 Å². The van der Waals surface area contributed by atoms with Crippen LogP contribution in [0.2, 0.25) is 0 Å². The Balaban J connectivity index is 1.69. The van der Waals surface area contributed by atoms with Gasteiger partial charge in [-0.1, -0.05) is 48.5 Å². The molecule has 2 heterocycles. The summed E-state index contributed by atoms with van der Waals surface area (Å²) >= 11 is 1.81. The lowest BCUT2D eigenvalue weighted by Gasteiger charge is -2.38. The highest BCUT2D eigenvalue weighted by Crippen LogP contribution is 2.37. The number of fused-ring (bicyclic) bond motifs is 1. The Morgan fingerprint density at radius 2 is 1.91 bits per heavy atom. The Bertz CT molecular complexity index is 782. The zero-order chi connectivity index (χ0) is 15.6. The van der Waals surface area contributed by atoms with E-state index < -0.39 is 0 Å². The number of thiophene rings is 1. The minimum atomic E-state index is -0.192. The molecule has 3 aromatic rings. The number of aliphatic hydroxyl groups is 1. The normalized spacial score (nSPS) is 22.5. The smallest absolute Gasteiger partial charge is 0.0570 e. The molecule has 2 unspecified atom stereocenters. The molecule has 0 aliphatic carbocycles. The Kier molecular flexibility index (Phi) is 4.17. The summed E-state index contributed by atoms with van der Waals surface area (Å²) in [6.07, 6.45) is 1.50. The average Bonchev–Trinajstić information content (AvgIpc) is 3.06. The van der Waals surface area contributed by atoms with Crippen LogP contribution in [0.3, 0.4) is 0 Å². The summed E-state index contributed by atoms with van der Waals surface area (Å²) in [7, 11) is 0. The highest BCUT2D eigenvalue weighted by atomic mass is 32.1. The number of nitrogens with zero attached hydrogens (tertiary/aromatic N) is 1. The second-order valence-electron chi connectivity index (χ2n) is 6.34. The van der Waals surface area contributed by atoms with Gasteiger partial charge in [0.25, 0.3) is 0 Å². The van der Waals surface area contributed by atoms with Crippen LogP contribution in [0.1, 0.15) is 30.0 Å². The summed E-state index contributed by atoms with van der Waals surface area (Å²) < 4.78 is 1.37. The Labute approximate surface area is 141 Å². The van der Waals surface area contributed by atoms with Crippen molar-refractivity contribution in [2.45, 2.75) is 31.5 Å². The van der Waals surface area contributed by atoms with Gasteiger partial charge in [-0.25, -0.2) is 0 Å². The zero-order valence-electron chi connectivity index (χ0n) is 13.1. The third-order valence-electron chi connectivity index (χ3n) is 4.78. The van der Waals surface area contributed by atoms with Crippen molar-refractivity contribution in [3.05, 3.63) is 71.1 Å². The topological polar surface area (TPSA) is 23.5 Å². The lowest BCUT2D eigenvalue weighted by atomic mass is 9.92. The molecule has 1 saturated heterocycles. The van der Waals surface area contributed by atoms with Crippen LogP contribution in [0.15, 0.2) is 60.0 Å². The van der Waals surface area contributed by atoms with Crippen LogP contribution in [-0.2, 0) is 6.54 Å². The van der Waals surface area contributed by atoms with E-state index >= 15 is 0 Å². The van der Waals surface area contributed by atoms with E-state index in [1.165, 1.54) is 21.2 Å². The fraction of sp³-hybridized carbons (Fsp3) is 0.300. The molecule has 0 bridgehead atoms. The lowest BCUT2D eigenvalue weighted by Crippen LogP contribution is -2.38. The van der Waals surface area contributed by atoms with Crippen molar-refractivity contribution < 1.29 is 5.11 Å². The molecule has 0 spiro atoms. The maximum Gasteiger partial charge on any atom is 0.0570 e. The summed E-state index contributed by atoms with van der Waals surface area (Å²) in [4.78, 5) is 2.52. The monoisotopic (exact) mass is 323 g/mol. The van der Waals surface area contributed by atoms with E-state index in [4.69, 9.17) is 0 Å². The van der Waals surface area contributed by atoms with E-state index in [-0.39, 0.29) is 6.10 Å². The predicted octanol–water partition coefficient (Wildman–Crippen LogP) is 4.60. The lowest BCUT2D eigenvalue weighted by molar-refractivity contribution is 0.0370. The quantitative estimate of drug-likeness (QED) is 0.761. The molecule has 118 valence electrons. The van der Waals surface area contributed by atoms with Gasteiger partial charge in [0.15, 0.2) is 0 Å². The molecule has 1 aromatic heterocycles. The second kappa shape index (κ2) is 6.44. The molecule has 0 amide bonds. The largest absolute Gasteiger partial charge is 0.393 e. The van der Waals surface area contributed by atoms with Gasteiger partial charge in [-0.2, -0.15) is 0 Å². The van der Waals surface area contributed by atoms with Crippen molar-refractivity contribution in [2.24, 2.45) is 0 Å². The highest BCUT2D eigenvalue weighted by Gasteiger charge is 2.29. The third kappa shape index (κ3) is 3.05. The molecule has 1 fully saturated rings. The van der Waals surface area contributed by atoms with Crippen molar-refractivity contribution in [1.29, 1.82) is 0 Å². The van der Waals surface area contributed by atoms with E-state index in [1.54, 1.807) is 0 Å². The standard InChI is InChI=1S/C20H21NOS/c22-17-9-11-21(14-15-5-2-1-3-6-15)19(13-17)18-8-4-7-16-10-12-23-20(16)18/h1-8,10,12,17,19,22H,9,11,13-14H2. The van der Waals surface area contributed by atoms with E-state index in [1.807, 2.05) is 11.3 Å². The summed E-state index contributed by atoms with van der Waals surface area (Å²) in [6.45, 7) is 1.89. The number of hydrogen-bond donors (Lipinski definition) is 1. The summed E-state index contributed by atoms with van der Waals surface area (Å²) in [5, 5.41) is 13.7. The third-order valence-corrected chi connectivity index (χ3v) is 5.76. The molecule has 2 atom stereocenters. The van der Waals surface area contributed by atoms with E-state index in [0.717, 1.165) is 25.9 Å². The maximum absolute atomic E-state index is 10.2. The molecule has 2 aromatic carbocycles.